The number of ether oxygens (including phenoxy) is 2. The minimum absolute atomic E-state index is 0.0927. The molecule has 132 valence electrons. The number of nitrogens with zero attached hydrogens (tertiary/aromatic N) is 2. The third kappa shape index (κ3) is 4.57. The van der Waals surface area contributed by atoms with Crippen molar-refractivity contribution in [2.75, 3.05) is 48.5 Å². The minimum atomic E-state index is -0.230. The highest BCUT2D eigenvalue weighted by molar-refractivity contribution is 7.99. The van der Waals surface area contributed by atoms with Crippen molar-refractivity contribution in [1.82, 2.24) is 4.98 Å². The molecule has 0 saturated carbocycles. The fraction of sp³-hybridized carbons (Fsp3) is 0.333. The Kier molecular flexibility index (Phi) is 6.00. The van der Waals surface area contributed by atoms with E-state index >= 15 is 0 Å². The van der Waals surface area contributed by atoms with Crippen LogP contribution in [0.4, 0.5) is 11.5 Å². The number of anilines is 2. The Morgan fingerprint density at radius 1 is 1.20 bits per heavy atom. The van der Waals surface area contributed by atoms with Gasteiger partial charge in [-0.05, 0) is 24.3 Å². The standard InChI is InChI=1S/C18H21N3O3S/c1-23-15-6-2-3-7-16(15)24-13-17(22)20-14-5-4-8-19-18(14)21-9-11-25-12-10-21/h2-8H,9-13H2,1H3,(H,20,22). The van der Waals surface area contributed by atoms with E-state index in [2.05, 4.69) is 15.2 Å². The molecule has 1 amide bonds. The molecule has 0 aliphatic carbocycles. The first-order valence-corrected chi connectivity index (χ1v) is 9.27. The molecule has 0 atom stereocenters. The second-order valence-electron chi connectivity index (χ2n) is 5.46. The molecule has 25 heavy (non-hydrogen) atoms. The lowest BCUT2D eigenvalue weighted by molar-refractivity contribution is -0.118. The minimum Gasteiger partial charge on any atom is -0.493 e. The summed E-state index contributed by atoms with van der Waals surface area (Å²) >= 11 is 1.93. The number of hydrogen-bond acceptors (Lipinski definition) is 6. The van der Waals surface area contributed by atoms with E-state index in [9.17, 15) is 4.79 Å². The number of benzene rings is 1. The lowest BCUT2D eigenvalue weighted by Crippen LogP contribution is -2.34. The number of hydrogen-bond donors (Lipinski definition) is 1. The molecule has 1 fully saturated rings. The highest BCUT2D eigenvalue weighted by Gasteiger charge is 2.17. The third-order valence-corrected chi connectivity index (χ3v) is 4.74. The molecule has 1 N–H and O–H groups in total. The monoisotopic (exact) mass is 359 g/mol. The van der Waals surface area contributed by atoms with Gasteiger partial charge in [0.1, 0.15) is 0 Å². The Balaban J connectivity index is 1.63. The topological polar surface area (TPSA) is 63.7 Å². The van der Waals surface area contributed by atoms with Crippen LogP contribution in [0, 0.1) is 0 Å². The smallest absolute Gasteiger partial charge is 0.262 e. The Morgan fingerprint density at radius 2 is 1.96 bits per heavy atom. The van der Waals surface area contributed by atoms with E-state index in [1.54, 1.807) is 25.4 Å². The summed E-state index contributed by atoms with van der Waals surface area (Å²) in [6, 6.07) is 10.9. The van der Waals surface area contributed by atoms with Crippen molar-refractivity contribution in [3.05, 3.63) is 42.6 Å². The van der Waals surface area contributed by atoms with Gasteiger partial charge < -0.3 is 19.7 Å². The van der Waals surface area contributed by atoms with Crippen LogP contribution in [0.5, 0.6) is 11.5 Å². The predicted octanol–water partition coefficient (Wildman–Crippen LogP) is 2.66. The highest BCUT2D eigenvalue weighted by atomic mass is 32.2. The number of aromatic nitrogens is 1. The van der Waals surface area contributed by atoms with Gasteiger partial charge >= 0.3 is 0 Å². The fourth-order valence-corrected chi connectivity index (χ4v) is 3.49. The quantitative estimate of drug-likeness (QED) is 0.855. The van der Waals surface area contributed by atoms with Crippen molar-refractivity contribution in [2.24, 2.45) is 0 Å². The summed E-state index contributed by atoms with van der Waals surface area (Å²) in [6.45, 7) is 1.77. The summed E-state index contributed by atoms with van der Waals surface area (Å²) in [5.41, 5.74) is 0.711. The van der Waals surface area contributed by atoms with E-state index in [0.717, 1.165) is 30.4 Å². The zero-order valence-corrected chi connectivity index (χ0v) is 14.9. The normalized spacial score (nSPS) is 14.0. The molecule has 6 nitrogen and oxygen atoms in total. The Labute approximate surface area is 151 Å². The molecule has 0 radical (unpaired) electrons. The van der Waals surface area contributed by atoms with Crippen LogP contribution in [-0.4, -0.2) is 49.2 Å². The van der Waals surface area contributed by atoms with Crippen LogP contribution in [0.1, 0.15) is 0 Å². The maximum atomic E-state index is 12.3. The Hall–Kier alpha value is -2.41. The first-order valence-electron chi connectivity index (χ1n) is 8.11. The van der Waals surface area contributed by atoms with Gasteiger partial charge in [-0.2, -0.15) is 11.8 Å². The maximum absolute atomic E-state index is 12.3. The number of rotatable bonds is 6. The van der Waals surface area contributed by atoms with E-state index in [-0.39, 0.29) is 12.5 Å². The second-order valence-corrected chi connectivity index (χ2v) is 6.69. The van der Waals surface area contributed by atoms with Crippen molar-refractivity contribution in [2.45, 2.75) is 0 Å². The lowest BCUT2D eigenvalue weighted by Gasteiger charge is -2.29. The van der Waals surface area contributed by atoms with Crippen LogP contribution in [-0.2, 0) is 4.79 Å². The van der Waals surface area contributed by atoms with Crippen LogP contribution in [0.3, 0.4) is 0 Å². The molecule has 1 aromatic carbocycles. The summed E-state index contributed by atoms with van der Waals surface area (Å²) < 4.78 is 10.8. The average Bonchev–Trinajstić information content (AvgIpc) is 2.67. The van der Waals surface area contributed by atoms with E-state index in [0.29, 0.717) is 17.2 Å². The first kappa shape index (κ1) is 17.4. The van der Waals surface area contributed by atoms with Gasteiger partial charge in [0.15, 0.2) is 23.9 Å². The zero-order valence-electron chi connectivity index (χ0n) is 14.1. The number of thioether (sulfide) groups is 1. The van der Waals surface area contributed by atoms with E-state index in [1.165, 1.54) is 0 Å². The van der Waals surface area contributed by atoms with E-state index in [1.807, 2.05) is 36.0 Å². The van der Waals surface area contributed by atoms with Gasteiger partial charge in [-0.3, -0.25) is 4.79 Å². The number of carbonyl (C=O) groups is 1. The SMILES string of the molecule is COc1ccccc1OCC(=O)Nc1cccnc1N1CCSCC1. The van der Waals surface area contributed by atoms with E-state index < -0.39 is 0 Å². The van der Waals surface area contributed by atoms with Crippen LogP contribution < -0.4 is 19.7 Å². The van der Waals surface area contributed by atoms with Gasteiger partial charge in [0.05, 0.1) is 12.8 Å². The number of pyridine rings is 1. The molecule has 2 aromatic rings. The summed E-state index contributed by atoms with van der Waals surface area (Å²) in [5, 5.41) is 2.90. The molecule has 7 heteroatoms. The van der Waals surface area contributed by atoms with Gasteiger partial charge in [-0.1, -0.05) is 12.1 Å². The molecule has 0 bridgehead atoms. The number of para-hydroxylation sites is 2. The second kappa shape index (κ2) is 8.62. The molecule has 2 heterocycles. The summed E-state index contributed by atoms with van der Waals surface area (Å²) in [5.74, 6) is 3.87. The maximum Gasteiger partial charge on any atom is 0.262 e. The zero-order chi connectivity index (χ0) is 17.5. The number of nitrogens with one attached hydrogen (secondary N) is 1. The fourth-order valence-electron chi connectivity index (χ4n) is 2.59. The molecule has 1 aromatic heterocycles. The molecule has 0 unspecified atom stereocenters. The van der Waals surface area contributed by atoms with Crippen molar-refractivity contribution >= 4 is 29.2 Å². The third-order valence-electron chi connectivity index (χ3n) is 3.80. The summed E-state index contributed by atoms with van der Waals surface area (Å²) in [6.07, 6.45) is 1.75. The molecular formula is C18H21N3O3S. The molecule has 0 spiro atoms. The first-order chi connectivity index (χ1) is 12.3. The van der Waals surface area contributed by atoms with Crippen LogP contribution >= 0.6 is 11.8 Å². The highest BCUT2D eigenvalue weighted by Crippen LogP contribution is 2.27. The van der Waals surface area contributed by atoms with Crippen molar-refractivity contribution < 1.29 is 14.3 Å². The van der Waals surface area contributed by atoms with Crippen molar-refractivity contribution in [1.29, 1.82) is 0 Å². The molecule has 1 aliphatic heterocycles. The molecule has 3 rings (SSSR count). The molecule has 1 aliphatic rings. The summed E-state index contributed by atoms with van der Waals surface area (Å²) in [4.78, 5) is 18.9. The number of methoxy groups -OCH3 is 1. The van der Waals surface area contributed by atoms with Gasteiger partial charge in [0.25, 0.3) is 5.91 Å². The van der Waals surface area contributed by atoms with Gasteiger partial charge in [0, 0.05) is 30.8 Å². The van der Waals surface area contributed by atoms with Crippen LogP contribution in [0.2, 0.25) is 0 Å². The molecule has 1 saturated heterocycles. The molecular weight excluding hydrogens is 338 g/mol. The Bertz CT molecular complexity index is 720. The van der Waals surface area contributed by atoms with Gasteiger partial charge in [0.2, 0.25) is 0 Å². The summed E-state index contributed by atoms with van der Waals surface area (Å²) in [7, 11) is 1.57. The van der Waals surface area contributed by atoms with Crippen LogP contribution in [0.25, 0.3) is 0 Å². The predicted molar refractivity (Wildman–Crippen MR) is 101 cm³/mol. The van der Waals surface area contributed by atoms with E-state index in [4.69, 9.17) is 9.47 Å². The van der Waals surface area contributed by atoms with Crippen molar-refractivity contribution in [3.8, 4) is 11.5 Å². The van der Waals surface area contributed by atoms with Gasteiger partial charge in [-0.25, -0.2) is 4.98 Å². The van der Waals surface area contributed by atoms with Crippen molar-refractivity contribution in [3.63, 3.8) is 0 Å². The van der Waals surface area contributed by atoms with Gasteiger partial charge in [-0.15, -0.1) is 0 Å². The average molecular weight is 359 g/mol. The van der Waals surface area contributed by atoms with Crippen LogP contribution in [0.15, 0.2) is 42.6 Å². The largest absolute Gasteiger partial charge is 0.493 e. The lowest BCUT2D eigenvalue weighted by atomic mass is 10.3. The number of carbonyl (C=O) groups excluding carboxylic acids is 1. The Morgan fingerprint density at radius 3 is 2.72 bits per heavy atom. The number of amides is 1.